The molecule has 2 aromatic carbocycles. The van der Waals surface area contributed by atoms with Crippen molar-refractivity contribution >= 4 is 23.2 Å². The number of rotatable bonds is 3. The van der Waals surface area contributed by atoms with Crippen LogP contribution in [-0.4, -0.2) is 21.8 Å². The van der Waals surface area contributed by atoms with Crippen molar-refractivity contribution in [1.29, 1.82) is 0 Å². The zero-order valence-electron chi connectivity index (χ0n) is 13.2. The molecule has 0 spiro atoms. The number of anilines is 2. The zero-order valence-corrected chi connectivity index (χ0v) is 13.2. The molecule has 0 atom stereocenters. The fourth-order valence-electron chi connectivity index (χ4n) is 2.71. The highest BCUT2D eigenvalue weighted by molar-refractivity contribution is 6.01. The summed E-state index contributed by atoms with van der Waals surface area (Å²) in [6.07, 6.45) is 3.60. The number of nitrogens with zero attached hydrogens (tertiary/aromatic N) is 2. The smallest absolute Gasteiger partial charge is 0.293 e. The molecule has 1 aliphatic heterocycles. The zero-order chi connectivity index (χ0) is 17.2. The van der Waals surface area contributed by atoms with Gasteiger partial charge in [0.1, 0.15) is 0 Å². The Morgan fingerprint density at radius 3 is 2.52 bits per heavy atom. The number of carbonyl (C=O) groups is 2. The molecule has 25 heavy (non-hydrogen) atoms. The van der Waals surface area contributed by atoms with Gasteiger partial charge in [-0.1, -0.05) is 24.3 Å². The number of carbonyl (C=O) groups excluding carboxylic acids is 2. The van der Waals surface area contributed by atoms with Crippen LogP contribution in [0.1, 0.15) is 16.2 Å². The van der Waals surface area contributed by atoms with E-state index in [1.54, 1.807) is 24.5 Å². The molecule has 1 aromatic heterocycles. The van der Waals surface area contributed by atoms with Crippen LogP contribution in [0.3, 0.4) is 0 Å². The van der Waals surface area contributed by atoms with Crippen LogP contribution in [0.25, 0.3) is 11.1 Å². The van der Waals surface area contributed by atoms with Crippen LogP contribution in [0.4, 0.5) is 11.4 Å². The molecule has 2 amide bonds. The summed E-state index contributed by atoms with van der Waals surface area (Å²) < 4.78 is 0. The molecule has 0 fully saturated rings. The average Bonchev–Trinajstić information content (AvgIpc) is 3.02. The van der Waals surface area contributed by atoms with Gasteiger partial charge in [0, 0.05) is 29.3 Å². The Hall–Kier alpha value is -3.54. The Labute approximate surface area is 143 Å². The summed E-state index contributed by atoms with van der Waals surface area (Å²) in [4.78, 5) is 31.9. The van der Waals surface area contributed by atoms with E-state index in [0.29, 0.717) is 12.1 Å². The first-order chi connectivity index (χ1) is 12.2. The van der Waals surface area contributed by atoms with Crippen molar-refractivity contribution in [2.75, 3.05) is 10.6 Å². The summed E-state index contributed by atoms with van der Waals surface area (Å²) in [5.41, 5.74) is 4.18. The Balaban J connectivity index is 1.53. The molecule has 0 radical (unpaired) electrons. The van der Waals surface area contributed by atoms with Crippen molar-refractivity contribution in [3.8, 4) is 11.1 Å². The number of hydrogen-bond acceptors (Lipinski definition) is 4. The fraction of sp³-hybridized carbons (Fsp3) is 0.0526. The van der Waals surface area contributed by atoms with Gasteiger partial charge in [0.15, 0.2) is 0 Å². The predicted octanol–water partition coefficient (Wildman–Crippen LogP) is 2.89. The van der Waals surface area contributed by atoms with Crippen LogP contribution in [0.2, 0.25) is 0 Å². The highest BCUT2D eigenvalue weighted by atomic mass is 16.2. The summed E-state index contributed by atoms with van der Waals surface area (Å²) in [5, 5.41) is 5.55. The molecule has 2 heterocycles. The van der Waals surface area contributed by atoms with Gasteiger partial charge in [0.2, 0.25) is 11.7 Å². The van der Waals surface area contributed by atoms with Crippen LogP contribution in [-0.2, 0) is 11.2 Å². The summed E-state index contributed by atoms with van der Waals surface area (Å²) in [7, 11) is 0. The van der Waals surface area contributed by atoms with Crippen LogP contribution >= 0.6 is 0 Å². The Morgan fingerprint density at radius 1 is 1.00 bits per heavy atom. The SMILES string of the molecule is O=C1Cc2cc(-c3cnc(C(=O)Nc4ccccc4)nc3)ccc2N1. The van der Waals surface area contributed by atoms with Gasteiger partial charge < -0.3 is 10.6 Å². The van der Waals surface area contributed by atoms with Gasteiger partial charge in [-0.05, 0) is 35.4 Å². The molecule has 4 rings (SSSR count). The van der Waals surface area contributed by atoms with E-state index in [4.69, 9.17) is 0 Å². The van der Waals surface area contributed by atoms with Crippen molar-refractivity contribution in [3.63, 3.8) is 0 Å². The summed E-state index contributed by atoms with van der Waals surface area (Å²) >= 11 is 0. The minimum atomic E-state index is -0.360. The molecule has 0 unspecified atom stereocenters. The molecule has 0 saturated carbocycles. The second-order valence-electron chi connectivity index (χ2n) is 5.71. The quantitative estimate of drug-likeness (QED) is 0.773. The second-order valence-corrected chi connectivity index (χ2v) is 5.71. The molecular formula is C19H14N4O2. The number of benzene rings is 2. The van der Waals surface area contributed by atoms with Crippen molar-refractivity contribution in [2.45, 2.75) is 6.42 Å². The van der Waals surface area contributed by atoms with E-state index in [9.17, 15) is 9.59 Å². The molecule has 122 valence electrons. The van der Waals surface area contributed by atoms with E-state index in [2.05, 4.69) is 20.6 Å². The Bertz CT molecular complexity index is 953. The first-order valence-corrected chi connectivity index (χ1v) is 7.81. The molecule has 2 N–H and O–H groups in total. The summed E-state index contributed by atoms with van der Waals surface area (Å²) in [6.45, 7) is 0. The van der Waals surface area contributed by atoms with Crippen molar-refractivity contribution < 1.29 is 9.59 Å². The molecule has 1 aliphatic rings. The number of fused-ring (bicyclic) bond motifs is 1. The van der Waals surface area contributed by atoms with Gasteiger partial charge in [-0.25, -0.2) is 9.97 Å². The van der Waals surface area contributed by atoms with E-state index >= 15 is 0 Å². The first kappa shape index (κ1) is 15.0. The minimum absolute atomic E-state index is 0.00340. The molecule has 6 heteroatoms. The van der Waals surface area contributed by atoms with E-state index in [1.165, 1.54) is 0 Å². The number of aromatic nitrogens is 2. The van der Waals surface area contributed by atoms with E-state index in [0.717, 1.165) is 22.4 Å². The molecule has 0 bridgehead atoms. The van der Waals surface area contributed by atoms with Crippen LogP contribution in [0.5, 0.6) is 0 Å². The molecule has 0 aliphatic carbocycles. The average molecular weight is 330 g/mol. The summed E-state index contributed by atoms with van der Waals surface area (Å²) in [6, 6.07) is 14.9. The van der Waals surface area contributed by atoms with E-state index in [-0.39, 0.29) is 17.6 Å². The standard InChI is InChI=1S/C19H14N4O2/c24-17-9-13-8-12(6-7-16(13)23-17)14-10-20-18(21-11-14)19(25)22-15-4-2-1-3-5-15/h1-8,10-11H,9H2,(H,22,25)(H,23,24). The lowest BCUT2D eigenvalue weighted by atomic mass is 10.0. The number of hydrogen-bond donors (Lipinski definition) is 2. The highest BCUT2D eigenvalue weighted by Crippen LogP contribution is 2.28. The van der Waals surface area contributed by atoms with Gasteiger partial charge in [-0.15, -0.1) is 0 Å². The Morgan fingerprint density at radius 2 is 1.76 bits per heavy atom. The summed E-state index contributed by atoms with van der Waals surface area (Å²) in [5.74, 6) is -0.261. The van der Waals surface area contributed by atoms with Gasteiger partial charge in [-0.3, -0.25) is 9.59 Å². The molecule has 6 nitrogen and oxygen atoms in total. The van der Waals surface area contributed by atoms with Crippen molar-refractivity contribution in [3.05, 3.63) is 72.3 Å². The van der Waals surface area contributed by atoms with Crippen LogP contribution in [0.15, 0.2) is 60.9 Å². The maximum absolute atomic E-state index is 12.2. The van der Waals surface area contributed by atoms with Gasteiger partial charge >= 0.3 is 0 Å². The van der Waals surface area contributed by atoms with Crippen LogP contribution < -0.4 is 10.6 Å². The van der Waals surface area contributed by atoms with Crippen molar-refractivity contribution in [1.82, 2.24) is 9.97 Å². The number of amides is 2. The highest BCUT2D eigenvalue weighted by Gasteiger charge is 2.18. The molecule has 3 aromatic rings. The lowest BCUT2D eigenvalue weighted by Crippen LogP contribution is -2.15. The second kappa shape index (κ2) is 6.16. The third kappa shape index (κ3) is 3.10. The van der Waals surface area contributed by atoms with E-state index < -0.39 is 0 Å². The minimum Gasteiger partial charge on any atom is -0.326 e. The van der Waals surface area contributed by atoms with Gasteiger partial charge in [0.25, 0.3) is 5.91 Å². The third-order valence-electron chi connectivity index (χ3n) is 3.95. The number of para-hydroxylation sites is 1. The van der Waals surface area contributed by atoms with Crippen molar-refractivity contribution in [2.24, 2.45) is 0 Å². The first-order valence-electron chi connectivity index (χ1n) is 7.81. The maximum Gasteiger partial charge on any atom is 0.293 e. The lowest BCUT2D eigenvalue weighted by Gasteiger charge is -2.06. The predicted molar refractivity (Wildman–Crippen MR) is 94.2 cm³/mol. The molecule has 0 saturated heterocycles. The Kier molecular flexibility index (Phi) is 3.70. The van der Waals surface area contributed by atoms with Gasteiger partial charge in [-0.2, -0.15) is 0 Å². The fourth-order valence-corrected chi connectivity index (χ4v) is 2.71. The third-order valence-corrected chi connectivity index (χ3v) is 3.95. The topological polar surface area (TPSA) is 84.0 Å². The van der Waals surface area contributed by atoms with E-state index in [1.807, 2.05) is 36.4 Å². The van der Waals surface area contributed by atoms with Crippen LogP contribution in [0, 0.1) is 0 Å². The largest absolute Gasteiger partial charge is 0.326 e. The number of nitrogens with one attached hydrogen (secondary N) is 2. The monoisotopic (exact) mass is 330 g/mol. The van der Waals surface area contributed by atoms with Gasteiger partial charge in [0.05, 0.1) is 6.42 Å². The molecular weight excluding hydrogens is 316 g/mol. The maximum atomic E-state index is 12.2. The lowest BCUT2D eigenvalue weighted by molar-refractivity contribution is -0.115. The normalized spacial score (nSPS) is 12.4.